The second-order valence-electron chi connectivity index (χ2n) is 9.11. The van der Waals surface area contributed by atoms with E-state index in [9.17, 15) is 14.7 Å². The molecule has 2 saturated carbocycles. The number of aliphatic carboxylic acids is 1. The van der Waals surface area contributed by atoms with Gasteiger partial charge in [0.2, 0.25) is 0 Å². The lowest BCUT2D eigenvalue weighted by Crippen LogP contribution is -2.29. The summed E-state index contributed by atoms with van der Waals surface area (Å²) in [6.45, 7) is 2.22. The van der Waals surface area contributed by atoms with Crippen molar-refractivity contribution in [1.82, 2.24) is 25.3 Å². The van der Waals surface area contributed by atoms with Crippen LogP contribution in [-0.2, 0) is 29.5 Å². The highest BCUT2D eigenvalue weighted by atomic mass is 16.6. The second kappa shape index (κ2) is 10.8. The summed E-state index contributed by atoms with van der Waals surface area (Å²) >= 11 is 0. The zero-order valence-electron chi connectivity index (χ0n) is 19.8. The van der Waals surface area contributed by atoms with Crippen LogP contribution in [0.15, 0.2) is 12.1 Å². The number of pyridine rings is 1. The van der Waals surface area contributed by atoms with Crippen molar-refractivity contribution in [3.8, 4) is 17.1 Å². The monoisotopic (exact) mass is 471 g/mol. The molecule has 10 nitrogen and oxygen atoms in total. The summed E-state index contributed by atoms with van der Waals surface area (Å²) in [5.74, 6) is -0.439. The van der Waals surface area contributed by atoms with Gasteiger partial charge in [0.05, 0.1) is 35.6 Å². The van der Waals surface area contributed by atoms with Gasteiger partial charge in [-0.2, -0.15) is 0 Å². The standard InChI is InChI=1S/C24H33N5O5/c1-3-18-21(33-17-10-6-7-15(13-17)23(30)31)12-11-19(26-18)22-20(29(2)28-27-22)14-25-24(32)34-16-8-4-5-9-16/h11-12,15-17H,3-10,13-14H2,1-2H3,(H,25,32)(H,30,31)/t15-,17-/m0/s1. The van der Waals surface area contributed by atoms with Gasteiger partial charge in [0.1, 0.15) is 17.5 Å². The Bertz CT molecular complexity index is 1020. The Balaban J connectivity index is 1.45. The Labute approximate surface area is 199 Å². The highest BCUT2D eigenvalue weighted by molar-refractivity contribution is 5.70. The maximum Gasteiger partial charge on any atom is 0.407 e. The number of aromatic nitrogens is 4. The SMILES string of the molecule is CCc1nc(-c2nnn(C)c2CNC(=O)OC2CCCC2)ccc1O[C@H]1CCC[C@H](C(=O)O)C1. The lowest BCUT2D eigenvalue weighted by atomic mass is 9.87. The molecule has 2 aliphatic rings. The van der Waals surface area contributed by atoms with Gasteiger partial charge in [-0.1, -0.05) is 12.1 Å². The first-order valence-electron chi connectivity index (χ1n) is 12.2. The number of carbonyl (C=O) groups is 2. The molecule has 34 heavy (non-hydrogen) atoms. The van der Waals surface area contributed by atoms with Gasteiger partial charge in [0.25, 0.3) is 0 Å². The first-order chi connectivity index (χ1) is 16.4. The molecule has 2 aromatic heterocycles. The third-order valence-corrected chi connectivity index (χ3v) is 6.70. The van der Waals surface area contributed by atoms with Crippen molar-refractivity contribution >= 4 is 12.1 Å². The van der Waals surface area contributed by atoms with Crippen molar-refractivity contribution in [3.63, 3.8) is 0 Å². The molecule has 0 aliphatic heterocycles. The summed E-state index contributed by atoms with van der Waals surface area (Å²) < 4.78 is 13.3. The Morgan fingerprint density at radius 3 is 2.65 bits per heavy atom. The topological polar surface area (TPSA) is 128 Å². The van der Waals surface area contributed by atoms with Gasteiger partial charge in [-0.25, -0.2) is 14.5 Å². The molecule has 10 heteroatoms. The minimum atomic E-state index is -0.756. The average molecular weight is 472 g/mol. The van der Waals surface area contributed by atoms with Crippen LogP contribution in [0.25, 0.3) is 11.4 Å². The van der Waals surface area contributed by atoms with E-state index in [2.05, 4.69) is 15.6 Å². The van der Waals surface area contributed by atoms with E-state index in [1.807, 2.05) is 19.1 Å². The highest BCUT2D eigenvalue weighted by Gasteiger charge is 2.29. The third-order valence-electron chi connectivity index (χ3n) is 6.70. The molecule has 0 radical (unpaired) electrons. The van der Waals surface area contributed by atoms with Crippen LogP contribution >= 0.6 is 0 Å². The van der Waals surface area contributed by atoms with Gasteiger partial charge in [-0.3, -0.25) is 4.79 Å². The van der Waals surface area contributed by atoms with E-state index in [-0.39, 0.29) is 24.7 Å². The fourth-order valence-electron chi connectivity index (χ4n) is 4.77. The van der Waals surface area contributed by atoms with Crippen LogP contribution in [0.5, 0.6) is 5.75 Å². The summed E-state index contributed by atoms with van der Waals surface area (Å²) in [6, 6.07) is 3.70. The zero-order chi connectivity index (χ0) is 24.1. The normalized spacial score (nSPS) is 20.8. The molecular weight excluding hydrogens is 438 g/mol. The molecule has 2 fully saturated rings. The average Bonchev–Trinajstić information content (AvgIpc) is 3.47. The van der Waals surface area contributed by atoms with Crippen molar-refractivity contribution in [2.75, 3.05) is 0 Å². The van der Waals surface area contributed by atoms with Gasteiger partial charge < -0.3 is 19.9 Å². The fraction of sp³-hybridized carbons (Fsp3) is 0.625. The van der Waals surface area contributed by atoms with Crippen molar-refractivity contribution < 1.29 is 24.2 Å². The quantitative estimate of drug-likeness (QED) is 0.597. The number of carbonyl (C=O) groups excluding carboxylic acids is 1. The molecule has 4 rings (SSSR count). The molecule has 2 aliphatic carbocycles. The van der Waals surface area contributed by atoms with Crippen molar-refractivity contribution in [1.29, 1.82) is 0 Å². The smallest absolute Gasteiger partial charge is 0.407 e. The third kappa shape index (κ3) is 5.66. The predicted octanol–water partition coefficient (Wildman–Crippen LogP) is 3.63. The molecular formula is C24H33N5O5. The van der Waals surface area contributed by atoms with E-state index >= 15 is 0 Å². The molecule has 0 aromatic carbocycles. The number of nitrogens with one attached hydrogen (secondary N) is 1. The maximum atomic E-state index is 12.2. The molecule has 2 heterocycles. The predicted molar refractivity (Wildman–Crippen MR) is 123 cm³/mol. The van der Waals surface area contributed by atoms with Crippen LogP contribution in [-0.4, -0.2) is 49.4 Å². The molecule has 0 bridgehead atoms. The number of hydrogen-bond acceptors (Lipinski definition) is 7. The van der Waals surface area contributed by atoms with Crippen molar-refractivity contribution in [2.45, 2.75) is 83.5 Å². The summed E-state index contributed by atoms with van der Waals surface area (Å²) in [6.07, 6.45) is 7.01. The van der Waals surface area contributed by atoms with E-state index in [1.54, 1.807) is 11.7 Å². The van der Waals surface area contributed by atoms with Crippen LogP contribution in [0.1, 0.15) is 69.7 Å². The van der Waals surface area contributed by atoms with E-state index in [0.29, 0.717) is 36.4 Å². The summed E-state index contributed by atoms with van der Waals surface area (Å²) in [5, 5.41) is 20.5. The zero-order valence-corrected chi connectivity index (χ0v) is 19.8. The molecule has 0 saturated heterocycles. The van der Waals surface area contributed by atoms with Gasteiger partial charge >= 0.3 is 12.1 Å². The lowest BCUT2D eigenvalue weighted by molar-refractivity contribution is -0.143. The molecule has 1 amide bonds. The highest BCUT2D eigenvalue weighted by Crippen LogP contribution is 2.31. The Morgan fingerprint density at radius 2 is 1.91 bits per heavy atom. The number of amides is 1. The minimum Gasteiger partial charge on any atom is -0.488 e. The first kappa shape index (κ1) is 24.0. The van der Waals surface area contributed by atoms with Gasteiger partial charge in [0.15, 0.2) is 0 Å². The molecule has 184 valence electrons. The molecule has 0 unspecified atom stereocenters. The van der Waals surface area contributed by atoms with Crippen LogP contribution in [0.4, 0.5) is 4.79 Å². The summed E-state index contributed by atoms with van der Waals surface area (Å²) in [7, 11) is 1.77. The van der Waals surface area contributed by atoms with Crippen LogP contribution in [0.2, 0.25) is 0 Å². The second-order valence-corrected chi connectivity index (χ2v) is 9.11. The Hall–Kier alpha value is -3.17. The van der Waals surface area contributed by atoms with Crippen LogP contribution in [0, 0.1) is 5.92 Å². The maximum absolute atomic E-state index is 12.2. The van der Waals surface area contributed by atoms with E-state index < -0.39 is 12.1 Å². The summed E-state index contributed by atoms with van der Waals surface area (Å²) in [4.78, 5) is 28.3. The first-order valence-corrected chi connectivity index (χ1v) is 12.2. The Kier molecular flexibility index (Phi) is 7.64. The number of aryl methyl sites for hydroxylation is 2. The van der Waals surface area contributed by atoms with Gasteiger partial charge in [-0.05, 0) is 69.9 Å². The van der Waals surface area contributed by atoms with Gasteiger partial charge in [0, 0.05) is 7.05 Å². The largest absolute Gasteiger partial charge is 0.488 e. The number of hydrogen-bond donors (Lipinski definition) is 2. The number of alkyl carbamates (subject to hydrolysis) is 1. The summed E-state index contributed by atoms with van der Waals surface area (Å²) in [5.41, 5.74) is 2.74. The molecule has 2 aromatic rings. The van der Waals surface area contributed by atoms with Crippen molar-refractivity contribution in [3.05, 3.63) is 23.5 Å². The number of ether oxygens (including phenoxy) is 2. The molecule has 2 atom stereocenters. The molecule has 2 N–H and O–H groups in total. The van der Waals surface area contributed by atoms with E-state index in [1.165, 1.54) is 0 Å². The van der Waals surface area contributed by atoms with Crippen LogP contribution in [0.3, 0.4) is 0 Å². The minimum absolute atomic E-state index is 0.000369. The van der Waals surface area contributed by atoms with Gasteiger partial charge in [-0.15, -0.1) is 5.10 Å². The number of carboxylic acids is 1. The fourth-order valence-corrected chi connectivity index (χ4v) is 4.77. The Morgan fingerprint density at radius 1 is 1.15 bits per heavy atom. The molecule has 0 spiro atoms. The number of rotatable bonds is 8. The van der Waals surface area contributed by atoms with Crippen LogP contribution < -0.4 is 10.1 Å². The van der Waals surface area contributed by atoms with E-state index in [4.69, 9.17) is 14.5 Å². The lowest BCUT2D eigenvalue weighted by Gasteiger charge is -2.28. The van der Waals surface area contributed by atoms with Crippen molar-refractivity contribution in [2.24, 2.45) is 13.0 Å². The van der Waals surface area contributed by atoms with E-state index in [0.717, 1.165) is 49.9 Å². The number of carboxylic acid groups (broad SMARTS) is 1. The number of nitrogens with zero attached hydrogens (tertiary/aromatic N) is 4.